The van der Waals surface area contributed by atoms with Crippen LogP contribution in [0.15, 0.2) is 0 Å². The van der Waals surface area contributed by atoms with Gasteiger partial charge >= 0.3 is 0 Å². The second-order valence-corrected chi connectivity index (χ2v) is 7.80. The third-order valence-corrected chi connectivity index (χ3v) is 6.52. The molecule has 0 radical (unpaired) electrons. The number of thioether (sulfide) groups is 1. The number of hydrogen-bond acceptors (Lipinski definition) is 3. The Bertz CT molecular complexity index is 336. The van der Waals surface area contributed by atoms with Gasteiger partial charge in [0.05, 0.1) is 6.04 Å². The summed E-state index contributed by atoms with van der Waals surface area (Å²) in [6.07, 6.45) is 7.59. The van der Waals surface area contributed by atoms with Crippen LogP contribution >= 0.6 is 11.8 Å². The van der Waals surface area contributed by atoms with Crippen LogP contribution < -0.4 is 10.6 Å². The Labute approximate surface area is 120 Å². The van der Waals surface area contributed by atoms with E-state index >= 15 is 0 Å². The molecule has 3 aliphatic rings. The van der Waals surface area contributed by atoms with Gasteiger partial charge in [-0.05, 0) is 49.8 Å². The van der Waals surface area contributed by atoms with E-state index in [0.29, 0.717) is 17.2 Å². The van der Waals surface area contributed by atoms with Crippen LogP contribution in [-0.2, 0) is 4.79 Å². The Morgan fingerprint density at radius 2 is 2.11 bits per heavy atom. The van der Waals surface area contributed by atoms with Crippen molar-refractivity contribution in [2.75, 3.05) is 12.3 Å². The van der Waals surface area contributed by atoms with Gasteiger partial charge in [0.1, 0.15) is 0 Å². The van der Waals surface area contributed by atoms with Gasteiger partial charge in [-0.25, -0.2) is 0 Å². The Morgan fingerprint density at radius 1 is 1.26 bits per heavy atom. The van der Waals surface area contributed by atoms with Crippen LogP contribution in [0.2, 0.25) is 0 Å². The van der Waals surface area contributed by atoms with E-state index in [1.54, 1.807) is 0 Å². The minimum atomic E-state index is 0.0976. The van der Waals surface area contributed by atoms with E-state index in [4.69, 9.17) is 0 Å². The Kier molecular flexibility index (Phi) is 4.37. The van der Waals surface area contributed by atoms with Crippen LogP contribution in [0, 0.1) is 11.8 Å². The number of carbonyl (C=O) groups excluding carboxylic acids is 1. The SMILES string of the molecule is CCSC1CCCC1NC(=O)C1NCC2CCCC21. The molecule has 5 atom stereocenters. The van der Waals surface area contributed by atoms with Gasteiger partial charge in [-0.15, -0.1) is 0 Å². The molecule has 108 valence electrons. The monoisotopic (exact) mass is 282 g/mol. The van der Waals surface area contributed by atoms with Crippen molar-refractivity contribution in [3.63, 3.8) is 0 Å². The van der Waals surface area contributed by atoms with E-state index in [9.17, 15) is 4.79 Å². The van der Waals surface area contributed by atoms with Crippen LogP contribution in [0.5, 0.6) is 0 Å². The first-order valence-electron chi connectivity index (χ1n) is 7.95. The number of amides is 1. The summed E-state index contributed by atoms with van der Waals surface area (Å²) < 4.78 is 0. The summed E-state index contributed by atoms with van der Waals surface area (Å²) in [5.41, 5.74) is 0. The summed E-state index contributed by atoms with van der Waals surface area (Å²) in [6, 6.07) is 0.514. The predicted octanol–water partition coefficient (Wildman–Crippen LogP) is 2.16. The van der Waals surface area contributed by atoms with Crippen molar-refractivity contribution in [1.82, 2.24) is 10.6 Å². The lowest BCUT2D eigenvalue weighted by molar-refractivity contribution is -0.124. The van der Waals surface area contributed by atoms with E-state index in [1.807, 2.05) is 11.8 Å². The maximum absolute atomic E-state index is 12.5. The maximum Gasteiger partial charge on any atom is 0.237 e. The topological polar surface area (TPSA) is 41.1 Å². The molecule has 2 saturated carbocycles. The molecule has 3 rings (SSSR count). The van der Waals surface area contributed by atoms with Crippen molar-refractivity contribution in [3.05, 3.63) is 0 Å². The lowest BCUT2D eigenvalue weighted by atomic mass is 9.93. The van der Waals surface area contributed by atoms with E-state index in [0.717, 1.165) is 18.2 Å². The largest absolute Gasteiger partial charge is 0.351 e. The van der Waals surface area contributed by atoms with Gasteiger partial charge in [0.2, 0.25) is 5.91 Å². The minimum Gasteiger partial charge on any atom is -0.351 e. The van der Waals surface area contributed by atoms with Crippen LogP contribution in [0.3, 0.4) is 0 Å². The van der Waals surface area contributed by atoms with Crippen LogP contribution in [0.4, 0.5) is 0 Å². The molecule has 1 saturated heterocycles. The number of nitrogens with one attached hydrogen (secondary N) is 2. The van der Waals surface area contributed by atoms with Gasteiger partial charge in [-0.1, -0.05) is 19.8 Å². The molecular formula is C15H26N2OS. The maximum atomic E-state index is 12.5. The summed E-state index contributed by atoms with van der Waals surface area (Å²) in [7, 11) is 0. The zero-order valence-corrected chi connectivity index (χ0v) is 12.7. The van der Waals surface area contributed by atoms with Gasteiger partial charge in [-0.2, -0.15) is 11.8 Å². The highest BCUT2D eigenvalue weighted by molar-refractivity contribution is 7.99. The molecule has 3 nitrogen and oxygen atoms in total. The van der Waals surface area contributed by atoms with E-state index in [1.165, 1.54) is 38.5 Å². The second kappa shape index (κ2) is 6.04. The van der Waals surface area contributed by atoms with Gasteiger partial charge < -0.3 is 10.6 Å². The first kappa shape index (κ1) is 13.7. The second-order valence-electron chi connectivity index (χ2n) is 6.28. The fourth-order valence-electron chi connectivity index (χ4n) is 4.25. The average molecular weight is 282 g/mol. The summed E-state index contributed by atoms with van der Waals surface area (Å²) in [4.78, 5) is 12.5. The molecule has 19 heavy (non-hydrogen) atoms. The standard InChI is InChI=1S/C15H26N2OS/c1-2-19-13-8-4-7-12(13)17-15(18)14-11-6-3-5-10(11)9-16-14/h10-14,16H,2-9H2,1H3,(H,17,18). The van der Waals surface area contributed by atoms with Crippen molar-refractivity contribution < 1.29 is 4.79 Å². The zero-order chi connectivity index (χ0) is 13.2. The quantitative estimate of drug-likeness (QED) is 0.830. The average Bonchev–Trinajstić information content (AvgIpc) is 3.05. The summed E-state index contributed by atoms with van der Waals surface area (Å²) in [5.74, 6) is 2.81. The van der Waals surface area contributed by atoms with E-state index in [2.05, 4.69) is 17.6 Å². The Morgan fingerprint density at radius 3 is 2.95 bits per heavy atom. The fourth-order valence-corrected chi connectivity index (χ4v) is 5.45. The highest BCUT2D eigenvalue weighted by Gasteiger charge is 2.43. The van der Waals surface area contributed by atoms with Gasteiger partial charge in [-0.3, -0.25) is 4.79 Å². The highest BCUT2D eigenvalue weighted by Crippen LogP contribution is 2.38. The molecule has 1 aliphatic heterocycles. The Hall–Kier alpha value is -0.220. The number of hydrogen-bond donors (Lipinski definition) is 2. The molecule has 2 aliphatic carbocycles. The molecule has 0 spiro atoms. The van der Waals surface area contributed by atoms with Crippen molar-refractivity contribution >= 4 is 17.7 Å². The van der Waals surface area contributed by atoms with Gasteiger partial charge in [0, 0.05) is 11.3 Å². The minimum absolute atomic E-state index is 0.0976. The summed E-state index contributed by atoms with van der Waals surface area (Å²) >= 11 is 2.02. The first-order valence-corrected chi connectivity index (χ1v) is 9.00. The van der Waals surface area contributed by atoms with Crippen molar-refractivity contribution in [2.45, 2.75) is 62.8 Å². The van der Waals surface area contributed by atoms with Gasteiger partial charge in [0.25, 0.3) is 0 Å². The molecule has 1 heterocycles. The van der Waals surface area contributed by atoms with E-state index < -0.39 is 0 Å². The van der Waals surface area contributed by atoms with Crippen LogP contribution in [-0.4, -0.2) is 35.5 Å². The molecular weight excluding hydrogens is 256 g/mol. The van der Waals surface area contributed by atoms with E-state index in [-0.39, 0.29) is 11.9 Å². The molecule has 1 amide bonds. The lowest BCUT2D eigenvalue weighted by Gasteiger charge is -2.24. The number of rotatable bonds is 4. The molecule has 5 unspecified atom stereocenters. The molecule has 0 aromatic heterocycles. The highest BCUT2D eigenvalue weighted by atomic mass is 32.2. The van der Waals surface area contributed by atoms with Crippen molar-refractivity contribution in [2.24, 2.45) is 11.8 Å². The molecule has 4 heteroatoms. The normalized spacial score (nSPS) is 41.4. The molecule has 0 bridgehead atoms. The van der Waals surface area contributed by atoms with Gasteiger partial charge in [0.15, 0.2) is 0 Å². The first-order chi connectivity index (χ1) is 9.29. The number of carbonyl (C=O) groups is 1. The fraction of sp³-hybridized carbons (Fsp3) is 0.933. The molecule has 2 N–H and O–H groups in total. The predicted molar refractivity (Wildman–Crippen MR) is 80.3 cm³/mol. The van der Waals surface area contributed by atoms with Crippen LogP contribution in [0.1, 0.15) is 45.4 Å². The zero-order valence-electron chi connectivity index (χ0n) is 11.9. The summed E-state index contributed by atoms with van der Waals surface area (Å²) in [6.45, 7) is 3.27. The molecule has 0 aromatic carbocycles. The van der Waals surface area contributed by atoms with Crippen molar-refractivity contribution in [1.29, 1.82) is 0 Å². The molecule has 0 aromatic rings. The summed E-state index contributed by atoms with van der Waals surface area (Å²) in [5, 5.41) is 7.45. The lowest BCUT2D eigenvalue weighted by Crippen LogP contribution is -2.49. The smallest absolute Gasteiger partial charge is 0.237 e. The Balaban J connectivity index is 1.56. The van der Waals surface area contributed by atoms with Crippen LogP contribution in [0.25, 0.3) is 0 Å². The third-order valence-electron chi connectivity index (χ3n) is 5.19. The number of fused-ring (bicyclic) bond motifs is 1. The molecule has 3 fully saturated rings. The van der Waals surface area contributed by atoms with Crippen molar-refractivity contribution in [3.8, 4) is 0 Å². The third kappa shape index (κ3) is 2.80.